The van der Waals surface area contributed by atoms with Crippen molar-refractivity contribution in [3.05, 3.63) is 29.8 Å². The molecule has 1 aliphatic heterocycles. The summed E-state index contributed by atoms with van der Waals surface area (Å²) in [7, 11) is -3.24. The Hall–Kier alpha value is -0.520. The smallest absolute Gasteiger partial charge is 0.207 e. The molecule has 1 heterocycles. The predicted molar refractivity (Wildman–Crippen MR) is 62.4 cm³/mol. The average Bonchev–Trinajstić information content (AvgIpc) is 2.71. The molecule has 0 atom stereocenters. The SMILES string of the molecule is Cc1ccc(S(=O)(=O)N2CCSC2)cc1. The van der Waals surface area contributed by atoms with Crippen LogP contribution in [0.1, 0.15) is 5.56 Å². The van der Waals surface area contributed by atoms with E-state index in [0.717, 1.165) is 11.3 Å². The third-order valence-electron chi connectivity index (χ3n) is 2.38. The van der Waals surface area contributed by atoms with Gasteiger partial charge in [-0.3, -0.25) is 0 Å². The van der Waals surface area contributed by atoms with Crippen LogP contribution in [0.2, 0.25) is 0 Å². The first-order valence-electron chi connectivity index (χ1n) is 4.75. The molecule has 0 radical (unpaired) electrons. The van der Waals surface area contributed by atoms with Gasteiger partial charge >= 0.3 is 0 Å². The summed E-state index contributed by atoms with van der Waals surface area (Å²) in [5.41, 5.74) is 1.07. The minimum atomic E-state index is -3.24. The van der Waals surface area contributed by atoms with Gasteiger partial charge in [0.2, 0.25) is 10.0 Å². The van der Waals surface area contributed by atoms with Gasteiger partial charge in [0.15, 0.2) is 0 Å². The van der Waals surface area contributed by atoms with Gasteiger partial charge in [-0.1, -0.05) is 17.7 Å². The molecule has 2 rings (SSSR count). The Kier molecular flexibility index (Phi) is 3.04. The summed E-state index contributed by atoms with van der Waals surface area (Å²) in [6.45, 7) is 2.57. The number of sulfonamides is 1. The predicted octanol–water partition coefficient (Wildman–Crippen LogP) is 1.69. The lowest BCUT2D eigenvalue weighted by Gasteiger charge is -2.14. The Morgan fingerprint density at radius 2 is 1.93 bits per heavy atom. The minimum absolute atomic E-state index is 0.399. The van der Waals surface area contributed by atoms with Crippen molar-refractivity contribution in [1.82, 2.24) is 4.31 Å². The Morgan fingerprint density at radius 1 is 1.27 bits per heavy atom. The summed E-state index contributed by atoms with van der Waals surface area (Å²) in [6, 6.07) is 7.01. The van der Waals surface area contributed by atoms with Crippen LogP contribution in [0.3, 0.4) is 0 Å². The molecule has 5 heteroatoms. The molecule has 1 aromatic rings. The molecule has 0 N–H and O–H groups in total. The maximum Gasteiger partial charge on any atom is 0.243 e. The Bertz CT molecular complexity index is 433. The maximum absolute atomic E-state index is 12.1. The molecule has 0 saturated carbocycles. The molecule has 82 valence electrons. The van der Waals surface area contributed by atoms with Crippen LogP contribution in [0, 0.1) is 6.92 Å². The molecule has 15 heavy (non-hydrogen) atoms. The zero-order chi connectivity index (χ0) is 10.9. The van der Waals surface area contributed by atoms with Crippen LogP contribution < -0.4 is 0 Å². The van der Waals surface area contributed by atoms with Crippen LogP contribution in [0.15, 0.2) is 29.2 Å². The third kappa shape index (κ3) is 2.19. The molecule has 1 saturated heterocycles. The molecule has 0 aromatic heterocycles. The number of benzene rings is 1. The van der Waals surface area contributed by atoms with E-state index in [1.807, 2.05) is 19.1 Å². The summed E-state index contributed by atoms with van der Waals surface area (Å²) in [4.78, 5) is 0.399. The molecule has 3 nitrogen and oxygen atoms in total. The Balaban J connectivity index is 2.32. The summed E-state index contributed by atoms with van der Waals surface area (Å²) in [5, 5.41) is 0. The number of thioether (sulfide) groups is 1. The van der Waals surface area contributed by atoms with E-state index in [0.29, 0.717) is 17.3 Å². The quantitative estimate of drug-likeness (QED) is 0.793. The second-order valence-corrected chi connectivity index (χ2v) is 6.54. The van der Waals surface area contributed by atoms with Gasteiger partial charge in [-0.25, -0.2) is 8.42 Å². The fourth-order valence-electron chi connectivity index (χ4n) is 1.45. The summed E-state index contributed by atoms with van der Waals surface area (Å²) < 4.78 is 25.6. The number of hydrogen-bond donors (Lipinski definition) is 0. The standard InChI is InChI=1S/C10H13NO2S2/c1-9-2-4-10(5-3-9)15(12,13)11-6-7-14-8-11/h2-5H,6-8H2,1H3. The monoisotopic (exact) mass is 243 g/mol. The van der Waals surface area contributed by atoms with Crippen LogP contribution >= 0.6 is 11.8 Å². The topological polar surface area (TPSA) is 37.4 Å². The van der Waals surface area contributed by atoms with Crippen LogP contribution in [0.25, 0.3) is 0 Å². The van der Waals surface area contributed by atoms with Crippen molar-refractivity contribution in [1.29, 1.82) is 0 Å². The zero-order valence-corrected chi connectivity index (χ0v) is 10.1. The highest BCUT2D eigenvalue weighted by Gasteiger charge is 2.27. The first-order chi connectivity index (χ1) is 7.10. The molecule has 0 amide bonds. The average molecular weight is 243 g/mol. The minimum Gasteiger partial charge on any atom is -0.207 e. The van der Waals surface area contributed by atoms with E-state index in [1.165, 1.54) is 4.31 Å². The van der Waals surface area contributed by atoms with Crippen LogP contribution in [0.5, 0.6) is 0 Å². The largest absolute Gasteiger partial charge is 0.243 e. The first-order valence-corrected chi connectivity index (χ1v) is 7.35. The lowest BCUT2D eigenvalue weighted by molar-refractivity contribution is 0.489. The normalized spacial score (nSPS) is 18.2. The highest BCUT2D eigenvalue weighted by molar-refractivity contribution is 8.00. The number of hydrogen-bond acceptors (Lipinski definition) is 3. The summed E-state index contributed by atoms with van der Waals surface area (Å²) in [5.74, 6) is 1.47. The lowest BCUT2D eigenvalue weighted by atomic mass is 10.2. The molecule has 0 bridgehead atoms. The Morgan fingerprint density at radius 3 is 2.47 bits per heavy atom. The van der Waals surface area contributed by atoms with Crippen LogP contribution in [-0.4, -0.2) is 30.9 Å². The highest BCUT2D eigenvalue weighted by Crippen LogP contribution is 2.23. The van der Waals surface area contributed by atoms with Crippen molar-refractivity contribution < 1.29 is 8.42 Å². The van der Waals surface area contributed by atoms with Crippen molar-refractivity contribution in [2.75, 3.05) is 18.2 Å². The molecule has 0 spiro atoms. The van der Waals surface area contributed by atoms with E-state index in [2.05, 4.69) is 0 Å². The second-order valence-electron chi connectivity index (χ2n) is 3.53. The van der Waals surface area contributed by atoms with E-state index in [1.54, 1.807) is 23.9 Å². The van der Waals surface area contributed by atoms with Crippen molar-refractivity contribution in [2.45, 2.75) is 11.8 Å². The second kappa shape index (κ2) is 4.15. The van der Waals surface area contributed by atoms with E-state index in [-0.39, 0.29) is 0 Å². The molecular weight excluding hydrogens is 230 g/mol. The van der Waals surface area contributed by atoms with Gasteiger partial charge in [0.1, 0.15) is 0 Å². The fraction of sp³-hybridized carbons (Fsp3) is 0.400. The molecule has 1 aromatic carbocycles. The molecular formula is C10H13NO2S2. The van der Waals surface area contributed by atoms with Gasteiger partial charge in [-0.15, -0.1) is 11.8 Å². The van der Waals surface area contributed by atoms with Crippen LogP contribution in [-0.2, 0) is 10.0 Å². The van der Waals surface area contributed by atoms with Gasteiger partial charge in [-0.05, 0) is 19.1 Å². The van der Waals surface area contributed by atoms with E-state index in [4.69, 9.17) is 0 Å². The molecule has 0 unspecified atom stereocenters. The summed E-state index contributed by atoms with van der Waals surface area (Å²) in [6.07, 6.45) is 0. The van der Waals surface area contributed by atoms with Crippen molar-refractivity contribution >= 4 is 21.8 Å². The van der Waals surface area contributed by atoms with Gasteiger partial charge in [0.25, 0.3) is 0 Å². The molecule has 0 aliphatic carbocycles. The zero-order valence-electron chi connectivity index (χ0n) is 8.51. The lowest BCUT2D eigenvalue weighted by Crippen LogP contribution is -2.27. The molecule has 1 aliphatic rings. The van der Waals surface area contributed by atoms with Gasteiger partial charge < -0.3 is 0 Å². The number of nitrogens with zero attached hydrogens (tertiary/aromatic N) is 1. The number of rotatable bonds is 2. The highest BCUT2D eigenvalue weighted by atomic mass is 32.2. The molecule has 1 fully saturated rings. The van der Waals surface area contributed by atoms with Crippen molar-refractivity contribution in [2.24, 2.45) is 0 Å². The van der Waals surface area contributed by atoms with Crippen molar-refractivity contribution in [3.8, 4) is 0 Å². The summed E-state index contributed by atoms with van der Waals surface area (Å²) >= 11 is 1.65. The first kappa shape index (κ1) is 11.0. The Labute approximate surface area is 94.5 Å². The van der Waals surface area contributed by atoms with Gasteiger partial charge in [0.05, 0.1) is 10.8 Å². The van der Waals surface area contributed by atoms with Crippen molar-refractivity contribution in [3.63, 3.8) is 0 Å². The van der Waals surface area contributed by atoms with Gasteiger partial charge in [-0.2, -0.15) is 4.31 Å². The fourth-order valence-corrected chi connectivity index (χ4v) is 4.26. The van der Waals surface area contributed by atoms with E-state index < -0.39 is 10.0 Å². The van der Waals surface area contributed by atoms with E-state index in [9.17, 15) is 8.42 Å². The third-order valence-corrected chi connectivity index (χ3v) is 5.37. The number of aryl methyl sites for hydroxylation is 1. The van der Waals surface area contributed by atoms with Gasteiger partial charge in [0, 0.05) is 12.3 Å². The van der Waals surface area contributed by atoms with E-state index >= 15 is 0 Å². The maximum atomic E-state index is 12.1. The van der Waals surface area contributed by atoms with Crippen LogP contribution in [0.4, 0.5) is 0 Å².